The van der Waals surface area contributed by atoms with Crippen molar-refractivity contribution in [3.63, 3.8) is 0 Å². The van der Waals surface area contributed by atoms with Crippen LogP contribution in [0.5, 0.6) is 0 Å². The minimum absolute atomic E-state index is 0.00644. The molecule has 0 atom stereocenters. The molecule has 0 saturated carbocycles. The minimum atomic E-state index is -0.189. The van der Waals surface area contributed by atoms with Crippen LogP contribution >= 0.6 is 11.3 Å². The molecule has 11 aromatic carbocycles. The average Bonchev–Trinajstić information content (AvgIpc) is 1.67. The number of nitrogens with zero attached hydrogens (tertiary/aromatic N) is 5. The van der Waals surface area contributed by atoms with Crippen molar-refractivity contribution >= 4 is 145 Å². The second kappa shape index (κ2) is 20.6. The van der Waals surface area contributed by atoms with Crippen molar-refractivity contribution in [1.29, 1.82) is 0 Å². The number of fused-ring (bicyclic) bond motifs is 12. The monoisotopic (exact) mass is 1230 g/mol. The van der Waals surface area contributed by atoms with Gasteiger partial charge in [0.2, 0.25) is 0 Å². The van der Waals surface area contributed by atoms with Gasteiger partial charge in [0, 0.05) is 82.1 Å². The molecule has 0 radical (unpaired) electrons. The van der Waals surface area contributed by atoms with E-state index in [0.29, 0.717) is 0 Å². The lowest BCUT2D eigenvalue weighted by Gasteiger charge is -2.47. The zero-order valence-electron chi connectivity index (χ0n) is 56.6. The first-order chi connectivity index (χ1) is 44.3. The Kier molecular flexibility index (Phi) is 13.0. The molecule has 0 saturated heterocycles. The van der Waals surface area contributed by atoms with Gasteiger partial charge in [-0.3, -0.25) is 0 Å². The van der Waals surface area contributed by atoms with Crippen LogP contribution in [-0.2, 0) is 27.1 Å². The third-order valence-corrected chi connectivity index (χ3v) is 21.3. The van der Waals surface area contributed by atoms with Crippen LogP contribution in [0.15, 0.2) is 224 Å². The lowest BCUT2D eigenvalue weighted by molar-refractivity contribution is 0.590. The standard InChI is InChI=1S/C86H82BN5S/c1-82(2,3)53-30-35-60(36-31-53)88(61-37-32-54(33-38-61)83(4,5)6)62-40-42-69-72(49-62)90(63-39-41-66-65-28-22-23-29-77(65)93-78(66)52-63)73-50-64(89(58-24-18-16-19-25-58)59-26-20-17-21-27-59)51-74-79(73)87(69)70-46-57(86(13,14)15)48-76-81(70)92(74)75-47-56(85(10,11)12)45-68-67-44-55(84(7,8)9)34-43-71(67)91(76)80(68)75/h16-52H,1-15H3. The van der Waals surface area contributed by atoms with Crippen molar-refractivity contribution < 1.29 is 0 Å². The lowest BCUT2D eigenvalue weighted by Crippen LogP contribution is -2.62. The van der Waals surface area contributed by atoms with Gasteiger partial charge in [0.15, 0.2) is 0 Å². The third-order valence-electron chi connectivity index (χ3n) is 20.2. The maximum absolute atomic E-state index is 2.72. The third kappa shape index (κ3) is 9.45. The molecule has 3 aliphatic rings. The first-order valence-corrected chi connectivity index (χ1v) is 34.2. The average molecular weight is 1230 g/mol. The molecule has 460 valence electrons. The Balaban J connectivity index is 1.06. The van der Waals surface area contributed by atoms with E-state index in [1.807, 2.05) is 11.3 Å². The molecule has 0 unspecified atom stereocenters. The Bertz CT molecular complexity index is 5080. The fourth-order valence-electron chi connectivity index (χ4n) is 15.0. The van der Waals surface area contributed by atoms with Crippen LogP contribution in [-0.4, -0.2) is 11.3 Å². The van der Waals surface area contributed by atoms with E-state index in [9.17, 15) is 0 Å². The summed E-state index contributed by atoms with van der Waals surface area (Å²) >= 11 is 1.88. The fraction of sp³-hybridized carbons (Fsp3) is 0.233. The molecule has 5 heterocycles. The van der Waals surface area contributed by atoms with E-state index < -0.39 is 0 Å². The highest BCUT2D eigenvalue weighted by molar-refractivity contribution is 7.25. The predicted octanol–water partition coefficient (Wildman–Crippen LogP) is 23.0. The molecule has 13 aromatic rings. The molecule has 0 N–H and O–H groups in total. The number of hydrogen-bond donors (Lipinski definition) is 0. The Labute approximate surface area is 554 Å². The summed E-state index contributed by atoms with van der Waals surface area (Å²) in [4.78, 5) is 10.3. The summed E-state index contributed by atoms with van der Waals surface area (Å²) < 4.78 is 5.21. The van der Waals surface area contributed by atoms with Crippen molar-refractivity contribution in [1.82, 2.24) is 4.57 Å². The molecular weight excluding hydrogens is 1150 g/mol. The maximum atomic E-state index is 2.72. The van der Waals surface area contributed by atoms with Crippen molar-refractivity contribution in [3.8, 4) is 5.69 Å². The topological polar surface area (TPSA) is 17.9 Å². The van der Waals surface area contributed by atoms with Crippen molar-refractivity contribution in [2.75, 3.05) is 19.6 Å². The lowest BCUT2D eigenvalue weighted by atomic mass is 9.33. The normalized spacial score (nSPS) is 13.7. The first kappa shape index (κ1) is 58.8. The first-order valence-electron chi connectivity index (χ1n) is 33.3. The van der Waals surface area contributed by atoms with Crippen molar-refractivity contribution in [2.24, 2.45) is 0 Å². The largest absolute Gasteiger partial charge is 0.311 e. The molecule has 93 heavy (non-hydrogen) atoms. The highest BCUT2D eigenvalue weighted by Gasteiger charge is 2.48. The van der Waals surface area contributed by atoms with Crippen LogP contribution < -0.4 is 36.0 Å². The molecule has 7 heteroatoms. The second-order valence-electron chi connectivity index (χ2n) is 31.6. The molecule has 0 spiro atoms. The second-order valence-corrected chi connectivity index (χ2v) is 32.7. The highest BCUT2D eigenvalue weighted by Crippen LogP contribution is 2.57. The van der Waals surface area contributed by atoms with E-state index in [-0.39, 0.29) is 33.8 Å². The van der Waals surface area contributed by atoms with E-state index >= 15 is 0 Å². The van der Waals surface area contributed by atoms with Gasteiger partial charge < -0.3 is 24.2 Å². The molecule has 3 aliphatic heterocycles. The number of benzene rings is 11. The summed E-state index contributed by atoms with van der Waals surface area (Å²) in [5.41, 5.74) is 27.4. The maximum Gasteiger partial charge on any atom is 0.252 e. The Morgan fingerprint density at radius 1 is 0.312 bits per heavy atom. The van der Waals surface area contributed by atoms with Gasteiger partial charge in [-0.2, -0.15) is 0 Å². The molecule has 0 aliphatic carbocycles. The number of rotatable bonds is 7. The molecule has 16 rings (SSSR count). The van der Waals surface area contributed by atoms with Crippen LogP contribution in [0.25, 0.3) is 47.7 Å². The number of para-hydroxylation sites is 2. The quantitative estimate of drug-likeness (QED) is 0.148. The molecule has 2 aromatic heterocycles. The molecule has 0 bridgehead atoms. The van der Waals surface area contributed by atoms with E-state index in [1.165, 1.54) is 109 Å². The van der Waals surface area contributed by atoms with Crippen LogP contribution in [0.2, 0.25) is 0 Å². The summed E-state index contributed by atoms with van der Waals surface area (Å²) in [7, 11) is 0. The number of aromatic nitrogens is 1. The van der Waals surface area contributed by atoms with Crippen molar-refractivity contribution in [3.05, 3.63) is 252 Å². The summed E-state index contributed by atoms with van der Waals surface area (Å²) in [5, 5.41) is 5.15. The van der Waals surface area contributed by atoms with Gasteiger partial charge in [-0.15, -0.1) is 11.3 Å². The van der Waals surface area contributed by atoms with Gasteiger partial charge in [0.05, 0.1) is 33.8 Å². The van der Waals surface area contributed by atoms with Gasteiger partial charge in [-0.1, -0.05) is 207 Å². The minimum Gasteiger partial charge on any atom is -0.311 e. The van der Waals surface area contributed by atoms with Gasteiger partial charge in [-0.25, -0.2) is 0 Å². The smallest absolute Gasteiger partial charge is 0.252 e. The summed E-state index contributed by atoms with van der Waals surface area (Å²) in [5.74, 6) is 0. The van der Waals surface area contributed by atoms with Gasteiger partial charge in [0.1, 0.15) is 0 Å². The summed E-state index contributed by atoms with van der Waals surface area (Å²) in [6.45, 7) is 35.0. The SMILES string of the molecule is CC(C)(C)c1ccc(N(c2ccc(C(C)(C)C)cc2)c2ccc3c(c2)N(c2ccc4c(c2)sc2ccccc24)c2cc(N(c4ccccc4)c4ccccc4)cc4c2B3c2cc(C(C)(C)C)cc3c2N4c2cc(C(C)(C)C)cc4c5cc(C(C)(C)C)ccc5n-3c24)cc1. The Morgan fingerprint density at radius 3 is 1.40 bits per heavy atom. The zero-order valence-corrected chi connectivity index (χ0v) is 57.4. The van der Waals surface area contributed by atoms with E-state index in [4.69, 9.17) is 0 Å². The van der Waals surface area contributed by atoms with Crippen LogP contribution in [0.4, 0.5) is 68.2 Å². The molecular formula is C86H82BN5S. The number of anilines is 12. The van der Waals surface area contributed by atoms with Crippen LogP contribution in [0.3, 0.4) is 0 Å². The zero-order chi connectivity index (χ0) is 64.6. The number of hydrogen-bond acceptors (Lipinski definition) is 5. The van der Waals surface area contributed by atoms with E-state index in [0.717, 1.165) is 51.2 Å². The fourth-order valence-corrected chi connectivity index (χ4v) is 16.2. The van der Waals surface area contributed by atoms with Crippen LogP contribution in [0, 0.1) is 0 Å². The Hall–Kier alpha value is -9.30. The van der Waals surface area contributed by atoms with E-state index in [2.05, 4.69) is 352 Å². The highest BCUT2D eigenvalue weighted by atomic mass is 32.1. The summed E-state index contributed by atoms with van der Waals surface area (Å²) in [6, 6.07) is 86.8. The van der Waals surface area contributed by atoms with Gasteiger partial charge in [-0.05, 0) is 193 Å². The Morgan fingerprint density at radius 2 is 0.796 bits per heavy atom. The number of thiophene rings is 1. The summed E-state index contributed by atoms with van der Waals surface area (Å²) in [6.07, 6.45) is 0. The van der Waals surface area contributed by atoms with Gasteiger partial charge >= 0.3 is 0 Å². The molecule has 5 nitrogen and oxygen atoms in total. The van der Waals surface area contributed by atoms with Crippen molar-refractivity contribution in [2.45, 2.75) is 131 Å². The van der Waals surface area contributed by atoms with E-state index in [1.54, 1.807) is 0 Å². The molecule has 0 amide bonds. The van der Waals surface area contributed by atoms with Crippen LogP contribution in [0.1, 0.15) is 132 Å². The molecule has 0 fully saturated rings. The predicted molar refractivity (Wildman–Crippen MR) is 404 cm³/mol. The van der Waals surface area contributed by atoms with Gasteiger partial charge in [0.25, 0.3) is 6.71 Å².